The first-order chi connectivity index (χ1) is 10.2. The molecule has 3 rings (SSSR count). The van der Waals surface area contributed by atoms with Crippen LogP contribution in [0.5, 0.6) is 17.2 Å². The number of ether oxygens (including phenoxy) is 3. The van der Waals surface area contributed by atoms with Gasteiger partial charge in [0.05, 0.1) is 26.4 Å². The Morgan fingerprint density at radius 1 is 1.14 bits per heavy atom. The Balaban J connectivity index is 2.03. The second-order valence-corrected chi connectivity index (χ2v) is 4.79. The first-order valence-corrected chi connectivity index (χ1v) is 6.76. The second-order valence-electron chi connectivity index (χ2n) is 4.79. The Kier molecular flexibility index (Phi) is 3.52. The van der Waals surface area contributed by atoms with Crippen molar-refractivity contribution >= 4 is 5.78 Å². The number of methoxy groups -OCH3 is 2. The summed E-state index contributed by atoms with van der Waals surface area (Å²) in [7, 11) is 3.09. The van der Waals surface area contributed by atoms with Crippen molar-refractivity contribution in [1.29, 1.82) is 0 Å². The van der Waals surface area contributed by atoms with E-state index in [-0.39, 0.29) is 5.78 Å². The summed E-state index contributed by atoms with van der Waals surface area (Å²) < 4.78 is 16.0. The maximum absolute atomic E-state index is 12.7. The summed E-state index contributed by atoms with van der Waals surface area (Å²) in [6.07, 6.45) is 0.839. The van der Waals surface area contributed by atoms with E-state index in [4.69, 9.17) is 14.2 Å². The van der Waals surface area contributed by atoms with E-state index in [0.717, 1.165) is 17.7 Å². The van der Waals surface area contributed by atoms with Gasteiger partial charge in [0, 0.05) is 12.0 Å². The van der Waals surface area contributed by atoms with Crippen molar-refractivity contribution in [2.75, 3.05) is 20.8 Å². The van der Waals surface area contributed by atoms with Crippen LogP contribution in [0, 0.1) is 0 Å². The molecule has 0 amide bonds. The van der Waals surface area contributed by atoms with Crippen LogP contribution in [0.15, 0.2) is 36.4 Å². The molecule has 0 saturated carbocycles. The van der Waals surface area contributed by atoms with Gasteiger partial charge in [0.1, 0.15) is 5.75 Å². The number of fused-ring (bicyclic) bond motifs is 1. The number of ketones is 1. The largest absolute Gasteiger partial charge is 0.493 e. The Morgan fingerprint density at radius 3 is 2.76 bits per heavy atom. The average molecular weight is 284 g/mol. The first-order valence-electron chi connectivity index (χ1n) is 6.76. The van der Waals surface area contributed by atoms with Gasteiger partial charge in [-0.25, -0.2) is 0 Å². The van der Waals surface area contributed by atoms with E-state index in [2.05, 4.69) is 0 Å². The molecule has 4 heteroatoms. The molecule has 2 aromatic carbocycles. The maximum atomic E-state index is 12.7. The minimum atomic E-state index is -0.0829. The smallest absolute Gasteiger partial charge is 0.196 e. The molecule has 0 N–H and O–H groups in total. The van der Waals surface area contributed by atoms with E-state index < -0.39 is 0 Å². The fraction of sp³-hybridized carbons (Fsp3) is 0.235. The van der Waals surface area contributed by atoms with E-state index in [9.17, 15) is 4.79 Å². The first kappa shape index (κ1) is 13.5. The molecular formula is C17H16O4. The number of carbonyl (C=O) groups is 1. The zero-order valence-electron chi connectivity index (χ0n) is 12.0. The third kappa shape index (κ3) is 2.33. The molecule has 0 radical (unpaired) electrons. The lowest BCUT2D eigenvalue weighted by Gasteiger charge is -2.12. The Labute approximate surface area is 123 Å². The number of rotatable bonds is 4. The molecule has 0 saturated heterocycles. The highest BCUT2D eigenvalue weighted by Crippen LogP contribution is 2.33. The van der Waals surface area contributed by atoms with Gasteiger partial charge < -0.3 is 14.2 Å². The van der Waals surface area contributed by atoms with Crippen LogP contribution in [0.25, 0.3) is 0 Å². The summed E-state index contributed by atoms with van der Waals surface area (Å²) in [5, 5.41) is 0. The van der Waals surface area contributed by atoms with Gasteiger partial charge in [-0.1, -0.05) is 6.07 Å². The third-order valence-corrected chi connectivity index (χ3v) is 3.60. The summed E-state index contributed by atoms with van der Waals surface area (Å²) in [5.74, 6) is 1.79. The number of hydrogen-bond donors (Lipinski definition) is 0. The highest BCUT2D eigenvalue weighted by atomic mass is 16.5. The summed E-state index contributed by atoms with van der Waals surface area (Å²) in [4.78, 5) is 12.7. The van der Waals surface area contributed by atoms with E-state index in [0.29, 0.717) is 29.2 Å². The molecule has 0 bridgehead atoms. The van der Waals surface area contributed by atoms with Crippen molar-refractivity contribution in [3.05, 3.63) is 53.1 Å². The number of hydrogen-bond acceptors (Lipinski definition) is 4. The summed E-state index contributed by atoms with van der Waals surface area (Å²) >= 11 is 0. The Bertz CT molecular complexity index is 691. The van der Waals surface area contributed by atoms with Crippen molar-refractivity contribution in [2.45, 2.75) is 6.42 Å². The van der Waals surface area contributed by atoms with E-state index in [1.807, 2.05) is 12.1 Å². The number of para-hydroxylation sites is 1. The molecule has 2 aromatic rings. The van der Waals surface area contributed by atoms with Gasteiger partial charge in [0.15, 0.2) is 17.3 Å². The monoisotopic (exact) mass is 284 g/mol. The van der Waals surface area contributed by atoms with Crippen LogP contribution < -0.4 is 14.2 Å². The Morgan fingerprint density at radius 2 is 2.00 bits per heavy atom. The molecule has 1 aliphatic rings. The normalized spacial score (nSPS) is 12.5. The minimum Gasteiger partial charge on any atom is -0.493 e. The average Bonchev–Trinajstić information content (AvgIpc) is 3.00. The second kappa shape index (κ2) is 5.48. The predicted octanol–water partition coefficient (Wildman–Crippen LogP) is 2.87. The minimum absolute atomic E-state index is 0.0829. The summed E-state index contributed by atoms with van der Waals surface area (Å²) in [6, 6.07) is 10.8. The van der Waals surface area contributed by atoms with Gasteiger partial charge >= 0.3 is 0 Å². The fourth-order valence-corrected chi connectivity index (χ4v) is 2.55. The molecule has 0 unspecified atom stereocenters. The van der Waals surface area contributed by atoms with Crippen LogP contribution >= 0.6 is 0 Å². The SMILES string of the molecule is COc1cccc(C(=O)c2ccc3c(c2)CCO3)c1OC. The van der Waals surface area contributed by atoms with Gasteiger partial charge in [-0.15, -0.1) is 0 Å². The van der Waals surface area contributed by atoms with Crippen LogP contribution in [-0.4, -0.2) is 26.6 Å². The molecule has 1 heterocycles. The summed E-state index contributed by atoms with van der Waals surface area (Å²) in [5.41, 5.74) is 2.20. The lowest BCUT2D eigenvalue weighted by Crippen LogP contribution is -2.05. The lowest BCUT2D eigenvalue weighted by atomic mass is 9.99. The molecule has 0 aromatic heterocycles. The van der Waals surface area contributed by atoms with Crippen molar-refractivity contribution < 1.29 is 19.0 Å². The van der Waals surface area contributed by atoms with Crippen LogP contribution in [0.1, 0.15) is 21.5 Å². The highest BCUT2D eigenvalue weighted by molar-refractivity contribution is 6.11. The number of benzene rings is 2. The van der Waals surface area contributed by atoms with Crippen LogP contribution in [0.4, 0.5) is 0 Å². The molecular weight excluding hydrogens is 268 g/mol. The van der Waals surface area contributed by atoms with Crippen molar-refractivity contribution in [3.63, 3.8) is 0 Å². The van der Waals surface area contributed by atoms with Gasteiger partial charge in [-0.05, 0) is 35.9 Å². The van der Waals surface area contributed by atoms with E-state index in [1.54, 1.807) is 31.4 Å². The van der Waals surface area contributed by atoms with Crippen LogP contribution in [0.3, 0.4) is 0 Å². The Hall–Kier alpha value is -2.49. The lowest BCUT2D eigenvalue weighted by molar-refractivity contribution is 0.103. The van der Waals surface area contributed by atoms with Crippen LogP contribution in [0.2, 0.25) is 0 Å². The van der Waals surface area contributed by atoms with Gasteiger partial charge in [0.2, 0.25) is 0 Å². The molecule has 0 fully saturated rings. The van der Waals surface area contributed by atoms with Crippen molar-refractivity contribution in [2.24, 2.45) is 0 Å². The topological polar surface area (TPSA) is 44.8 Å². The zero-order chi connectivity index (χ0) is 14.8. The number of carbonyl (C=O) groups excluding carboxylic acids is 1. The van der Waals surface area contributed by atoms with Gasteiger partial charge in [-0.3, -0.25) is 4.79 Å². The quantitative estimate of drug-likeness (QED) is 0.810. The molecule has 0 atom stereocenters. The summed E-state index contributed by atoms with van der Waals surface area (Å²) in [6.45, 7) is 0.676. The maximum Gasteiger partial charge on any atom is 0.196 e. The van der Waals surface area contributed by atoms with E-state index >= 15 is 0 Å². The fourth-order valence-electron chi connectivity index (χ4n) is 2.55. The van der Waals surface area contributed by atoms with Gasteiger partial charge in [-0.2, -0.15) is 0 Å². The van der Waals surface area contributed by atoms with Crippen molar-refractivity contribution in [1.82, 2.24) is 0 Å². The zero-order valence-corrected chi connectivity index (χ0v) is 12.0. The molecule has 4 nitrogen and oxygen atoms in total. The molecule has 0 spiro atoms. The molecule has 108 valence electrons. The predicted molar refractivity (Wildman–Crippen MR) is 78.6 cm³/mol. The molecule has 0 aliphatic carbocycles. The van der Waals surface area contributed by atoms with Gasteiger partial charge in [0.25, 0.3) is 0 Å². The highest BCUT2D eigenvalue weighted by Gasteiger charge is 2.20. The standard InChI is InChI=1S/C17H16O4/c1-19-15-5-3-4-13(17(15)20-2)16(18)12-6-7-14-11(10-12)8-9-21-14/h3-7,10H,8-9H2,1-2H3. The molecule has 21 heavy (non-hydrogen) atoms. The third-order valence-electron chi connectivity index (χ3n) is 3.60. The van der Waals surface area contributed by atoms with Crippen molar-refractivity contribution in [3.8, 4) is 17.2 Å². The molecule has 1 aliphatic heterocycles. The van der Waals surface area contributed by atoms with Crippen LogP contribution in [-0.2, 0) is 6.42 Å². The van der Waals surface area contributed by atoms with E-state index in [1.165, 1.54) is 7.11 Å².